The first-order valence-corrected chi connectivity index (χ1v) is 4.86. The van der Waals surface area contributed by atoms with Crippen LogP contribution in [0.3, 0.4) is 0 Å². The van der Waals surface area contributed by atoms with Gasteiger partial charge < -0.3 is 0 Å². The second-order valence-corrected chi connectivity index (χ2v) is 4.24. The van der Waals surface area contributed by atoms with Gasteiger partial charge in [0.15, 0.2) is 5.78 Å². The fourth-order valence-corrected chi connectivity index (χ4v) is 2.12. The first kappa shape index (κ1) is 8.38. The molecule has 2 heterocycles. The van der Waals surface area contributed by atoms with Gasteiger partial charge in [-0.25, -0.2) is 4.98 Å². The number of ketones is 1. The number of hydrogen-bond acceptors (Lipinski definition) is 3. The van der Waals surface area contributed by atoms with Crippen molar-refractivity contribution in [3.05, 3.63) is 28.8 Å². The molecule has 2 aromatic rings. The maximum atomic E-state index is 11.0. The molecule has 0 N–H and O–H groups in total. The number of pyridine rings is 1. The van der Waals surface area contributed by atoms with Crippen molar-refractivity contribution in [2.45, 2.75) is 13.8 Å². The first-order chi connectivity index (χ1) is 6.16. The van der Waals surface area contributed by atoms with Crippen LogP contribution in [-0.2, 0) is 0 Å². The van der Waals surface area contributed by atoms with E-state index in [4.69, 9.17) is 0 Å². The number of hydrogen-bond donors (Lipinski definition) is 0. The molecule has 0 saturated carbocycles. The molecule has 0 aliphatic carbocycles. The van der Waals surface area contributed by atoms with Crippen LogP contribution in [-0.4, -0.2) is 10.8 Å². The van der Waals surface area contributed by atoms with E-state index in [0.717, 1.165) is 10.2 Å². The monoisotopic (exact) mass is 191 g/mol. The van der Waals surface area contributed by atoms with Crippen molar-refractivity contribution in [3.63, 3.8) is 0 Å². The molecule has 13 heavy (non-hydrogen) atoms. The number of carbonyl (C=O) groups excluding carboxylic acids is 1. The van der Waals surface area contributed by atoms with E-state index in [1.54, 1.807) is 17.4 Å². The van der Waals surface area contributed by atoms with Crippen molar-refractivity contribution in [1.29, 1.82) is 0 Å². The van der Waals surface area contributed by atoms with Crippen LogP contribution in [0.15, 0.2) is 18.2 Å². The summed E-state index contributed by atoms with van der Waals surface area (Å²) in [5.41, 5.74) is 0.550. The van der Waals surface area contributed by atoms with Crippen LogP contribution in [0.4, 0.5) is 0 Å². The Balaban J connectivity index is 2.67. The summed E-state index contributed by atoms with van der Waals surface area (Å²) in [5, 5.41) is 1.12. The zero-order valence-corrected chi connectivity index (χ0v) is 8.31. The number of fused-ring (bicyclic) bond motifs is 1. The van der Waals surface area contributed by atoms with Crippen molar-refractivity contribution in [1.82, 2.24) is 4.98 Å². The summed E-state index contributed by atoms with van der Waals surface area (Å²) in [6.45, 7) is 3.58. The summed E-state index contributed by atoms with van der Waals surface area (Å²) >= 11 is 1.62. The Labute approximate surface area is 80.2 Å². The molecule has 0 amide bonds. The highest BCUT2D eigenvalue weighted by atomic mass is 32.1. The lowest BCUT2D eigenvalue weighted by molar-refractivity contribution is 0.101. The fraction of sp³-hybridized carbons (Fsp3) is 0.200. The van der Waals surface area contributed by atoms with E-state index in [9.17, 15) is 4.79 Å². The highest BCUT2D eigenvalue weighted by Crippen LogP contribution is 2.23. The van der Waals surface area contributed by atoms with Gasteiger partial charge in [0, 0.05) is 17.2 Å². The molecule has 66 valence electrons. The third-order valence-corrected chi connectivity index (χ3v) is 2.83. The third-order valence-electron chi connectivity index (χ3n) is 1.87. The van der Waals surface area contributed by atoms with Gasteiger partial charge in [0.25, 0.3) is 0 Å². The minimum atomic E-state index is 0.0213. The van der Waals surface area contributed by atoms with Crippen molar-refractivity contribution in [2.24, 2.45) is 0 Å². The predicted octanol–water partition coefficient (Wildman–Crippen LogP) is 2.81. The standard InChI is InChI=1S/C10H9NOS/c1-6-5-8-3-4-9(7(2)12)11-10(8)13-6/h3-5H,1-2H3. The van der Waals surface area contributed by atoms with Crippen LogP contribution in [0, 0.1) is 6.92 Å². The molecule has 0 bridgehead atoms. The molecule has 2 rings (SSSR count). The molecule has 3 heteroatoms. The summed E-state index contributed by atoms with van der Waals surface area (Å²) < 4.78 is 0. The van der Waals surface area contributed by atoms with Gasteiger partial charge in [-0.1, -0.05) is 0 Å². The normalized spacial score (nSPS) is 10.6. The molecule has 0 aliphatic rings. The number of aryl methyl sites for hydroxylation is 1. The number of Topliss-reactive ketones (excluding diaryl/α,β-unsaturated/α-hetero) is 1. The molecular formula is C10H9NOS. The number of carbonyl (C=O) groups is 1. The van der Waals surface area contributed by atoms with Crippen LogP contribution in [0.25, 0.3) is 10.2 Å². The summed E-state index contributed by atoms with van der Waals surface area (Å²) in [6.07, 6.45) is 0. The van der Waals surface area contributed by atoms with Crippen molar-refractivity contribution in [3.8, 4) is 0 Å². The Morgan fingerprint density at radius 2 is 2.23 bits per heavy atom. The van der Waals surface area contributed by atoms with Crippen molar-refractivity contribution in [2.75, 3.05) is 0 Å². The van der Waals surface area contributed by atoms with Gasteiger partial charge in [0.05, 0.1) is 0 Å². The van der Waals surface area contributed by atoms with Crippen molar-refractivity contribution < 1.29 is 4.79 Å². The minimum Gasteiger partial charge on any atom is -0.293 e. The second-order valence-electron chi connectivity index (χ2n) is 3.00. The van der Waals surface area contributed by atoms with Gasteiger partial charge in [-0.2, -0.15) is 0 Å². The van der Waals surface area contributed by atoms with Gasteiger partial charge in [-0.3, -0.25) is 4.79 Å². The van der Waals surface area contributed by atoms with Gasteiger partial charge in [0.1, 0.15) is 10.5 Å². The molecule has 0 radical (unpaired) electrons. The van der Waals surface area contributed by atoms with Crippen LogP contribution in [0.2, 0.25) is 0 Å². The number of thiophene rings is 1. The van der Waals surface area contributed by atoms with Gasteiger partial charge in [-0.15, -0.1) is 11.3 Å². The molecule has 0 aromatic carbocycles. The Kier molecular flexibility index (Phi) is 1.88. The third kappa shape index (κ3) is 1.47. The second kappa shape index (κ2) is 2.92. The first-order valence-electron chi connectivity index (χ1n) is 4.05. The maximum Gasteiger partial charge on any atom is 0.178 e. The topological polar surface area (TPSA) is 30.0 Å². The highest BCUT2D eigenvalue weighted by molar-refractivity contribution is 7.18. The summed E-state index contributed by atoms with van der Waals surface area (Å²) in [4.78, 5) is 17.5. The van der Waals surface area contributed by atoms with E-state index >= 15 is 0 Å². The largest absolute Gasteiger partial charge is 0.293 e. The van der Waals surface area contributed by atoms with Gasteiger partial charge in [-0.05, 0) is 25.1 Å². The number of aromatic nitrogens is 1. The Bertz CT molecular complexity index is 473. The van der Waals surface area contributed by atoms with E-state index in [1.807, 2.05) is 13.0 Å². The molecule has 0 saturated heterocycles. The van der Waals surface area contributed by atoms with Gasteiger partial charge >= 0.3 is 0 Å². The minimum absolute atomic E-state index is 0.0213. The lowest BCUT2D eigenvalue weighted by Crippen LogP contribution is -1.94. The Morgan fingerprint density at radius 3 is 2.92 bits per heavy atom. The van der Waals surface area contributed by atoms with Crippen LogP contribution in [0.5, 0.6) is 0 Å². The lowest BCUT2D eigenvalue weighted by atomic mass is 10.2. The van der Waals surface area contributed by atoms with E-state index < -0.39 is 0 Å². The molecular weight excluding hydrogens is 182 g/mol. The lowest BCUT2D eigenvalue weighted by Gasteiger charge is -1.93. The molecule has 0 spiro atoms. The maximum absolute atomic E-state index is 11.0. The smallest absolute Gasteiger partial charge is 0.178 e. The highest BCUT2D eigenvalue weighted by Gasteiger charge is 2.04. The average Bonchev–Trinajstić information content (AvgIpc) is 2.42. The summed E-state index contributed by atoms with van der Waals surface area (Å²) in [6, 6.07) is 5.80. The van der Waals surface area contributed by atoms with E-state index in [2.05, 4.69) is 11.1 Å². The van der Waals surface area contributed by atoms with Gasteiger partial charge in [0.2, 0.25) is 0 Å². The quantitative estimate of drug-likeness (QED) is 0.649. The molecule has 0 fully saturated rings. The Morgan fingerprint density at radius 1 is 1.46 bits per heavy atom. The van der Waals surface area contributed by atoms with E-state index in [0.29, 0.717) is 5.69 Å². The van der Waals surface area contributed by atoms with Crippen LogP contribution in [0.1, 0.15) is 22.3 Å². The molecule has 0 aliphatic heterocycles. The fourth-order valence-electron chi connectivity index (χ4n) is 1.24. The zero-order chi connectivity index (χ0) is 9.42. The van der Waals surface area contributed by atoms with Crippen LogP contribution >= 0.6 is 11.3 Å². The zero-order valence-electron chi connectivity index (χ0n) is 7.50. The number of rotatable bonds is 1. The predicted molar refractivity (Wildman–Crippen MR) is 54.4 cm³/mol. The average molecular weight is 191 g/mol. The van der Waals surface area contributed by atoms with E-state index in [1.165, 1.54) is 11.8 Å². The summed E-state index contributed by atoms with van der Waals surface area (Å²) in [7, 11) is 0. The Hall–Kier alpha value is -1.22. The number of nitrogens with zero attached hydrogens (tertiary/aromatic N) is 1. The summed E-state index contributed by atoms with van der Waals surface area (Å²) in [5.74, 6) is 0.0213. The van der Waals surface area contributed by atoms with Crippen LogP contribution < -0.4 is 0 Å². The molecule has 0 atom stereocenters. The molecule has 0 unspecified atom stereocenters. The SMILES string of the molecule is CC(=O)c1ccc2cc(C)sc2n1. The molecule has 2 nitrogen and oxygen atoms in total. The molecule has 2 aromatic heterocycles. The van der Waals surface area contributed by atoms with E-state index in [-0.39, 0.29) is 5.78 Å². The van der Waals surface area contributed by atoms with Crippen molar-refractivity contribution >= 4 is 27.3 Å².